The molecule has 0 aliphatic carbocycles. The van der Waals surface area contributed by atoms with E-state index in [0.717, 1.165) is 18.4 Å². The minimum absolute atomic E-state index is 0.0726. The van der Waals surface area contributed by atoms with Crippen molar-refractivity contribution in [3.63, 3.8) is 0 Å². The van der Waals surface area contributed by atoms with Crippen LogP contribution in [0.2, 0.25) is 5.02 Å². The molecule has 1 rings (SSSR count). The maximum Gasteiger partial charge on any atom is 0.137 e. The van der Waals surface area contributed by atoms with Gasteiger partial charge >= 0.3 is 0 Å². The third-order valence-electron chi connectivity index (χ3n) is 2.20. The summed E-state index contributed by atoms with van der Waals surface area (Å²) in [5, 5.41) is 0.622. The number of halogens is 1. The Hall–Kier alpha value is -0.730. The lowest BCUT2D eigenvalue weighted by atomic mass is 10.0. The Morgan fingerprint density at radius 3 is 2.71 bits per heavy atom. The van der Waals surface area contributed by atoms with Crippen LogP contribution in [-0.2, 0) is 0 Å². The number of ether oxygens (including phenoxy) is 1. The van der Waals surface area contributed by atoms with Crippen LogP contribution in [0.15, 0.2) is 18.2 Å². The van der Waals surface area contributed by atoms with Crippen LogP contribution in [0.25, 0.3) is 0 Å². The second-order valence-corrected chi connectivity index (χ2v) is 3.70. The van der Waals surface area contributed by atoms with E-state index in [1.54, 1.807) is 7.11 Å². The minimum Gasteiger partial charge on any atom is -0.495 e. The first-order valence-electron chi connectivity index (χ1n) is 4.78. The lowest BCUT2D eigenvalue weighted by Crippen LogP contribution is -2.09. The second kappa shape index (κ2) is 5.23. The third kappa shape index (κ3) is 2.63. The fourth-order valence-electron chi connectivity index (χ4n) is 1.39. The summed E-state index contributed by atoms with van der Waals surface area (Å²) in [5.74, 6) is 0.694. The molecule has 0 radical (unpaired) electrons. The van der Waals surface area contributed by atoms with Crippen molar-refractivity contribution in [1.82, 2.24) is 0 Å². The van der Waals surface area contributed by atoms with E-state index in [-0.39, 0.29) is 6.04 Å². The predicted octanol–water partition coefficient (Wildman–Crippen LogP) is 3.15. The van der Waals surface area contributed by atoms with E-state index in [2.05, 4.69) is 6.92 Å². The van der Waals surface area contributed by atoms with Crippen molar-refractivity contribution >= 4 is 11.6 Å². The van der Waals surface area contributed by atoms with Gasteiger partial charge in [0.2, 0.25) is 0 Å². The molecule has 0 saturated heterocycles. The van der Waals surface area contributed by atoms with Crippen LogP contribution in [0, 0.1) is 0 Å². The van der Waals surface area contributed by atoms with Gasteiger partial charge in [-0.05, 0) is 24.1 Å². The highest BCUT2D eigenvalue weighted by atomic mass is 35.5. The summed E-state index contributed by atoms with van der Waals surface area (Å²) >= 11 is 5.99. The topological polar surface area (TPSA) is 35.2 Å². The first kappa shape index (κ1) is 11.3. The monoisotopic (exact) mass is 213 g/mol. The van der Waals surface area contributed by atoms with Crippen molar-refractivity contribution in [3.8, 4) is 5.75 Å². The van der Waals surface area contributed by atoms with Gasteiger partial charge in [-0.15, -0.1) is 0 Å². The molecular weight excluding hydrogens is 198 g/mol. The number of benzene rings is 1. The van der Waals surface area contributed by atoms with E-state index in [1.165, 1.54) is 0 Å². The quantitative estimate of drug-likeness (QED) is 0.834. The Labute approximate surface area is 90.0 Å². The van der Waals surface area contributed by atoms with Crippen molar-refractivity contribution < 1.29 is 4.74 Å². The molecule has 0 aliphatic rings. The van der Waals surface area contributed by atoms with Gasteiger partial charge in [0.05, 0.1) is 12.1 Å². The van der Waals surface area contributed by atoms with Gasteiger partial charge in [0.15, 0.2) is 0 Å². The van der Waals surface area contributed by atoms with Gasteiger partial charge in [0.1, 0.15) is 5.75 Å². The fraction of sp³-hybridized carbons (Fsp3) is 0.455. The number of hydrogen-bond acceptors (Lipinski definition) is 2. The van der Waals surface area contributed by atoms with E-state index in [9.17, 15) is 0 Å². The van der Waals surface area contributed by atoms with Crippen LogP contribution in [0.1, 0.15) is 31.4 Å². The van der Waals surface area contributed by atoms with E-state index >= 15 is 0 Å². The Balaban J connectivity index is 2.85. The van der Waals surface area contributed by atoms with Crippen molar-refractivity contribution in [1.29, 1.82) is 0 Å². The molecule has 0 spiro atoms. The van der Waals surface area contributed by atoms with Gasteiger partial charge in [-0.2, -0.15) is 0 Å². The predicted molar refractivity (Wildman–Crippen MR) is 59.8 cm³/mol. The summed E-state index contributed by atoms with van der Waals surface area (Å²) in [4.78, 5) is 0. The second-order valence-electron chi connectivity index (χ2n) is 3.29. The van der Waals surface area contributed by atoms with E-state index in [4.69, 9.17) is 22.1 Å². The molecule has 1 atom stereocenters. The molecule has 0 bridgehead atoms. The average Bonchev–Trinajstić information content (AvgIpc) is 2.18. The molecule has 14 heavy (non-hydrogen) atoms. The van der Waals surface area contributed by atoms with Gasteiger partial charge in [-0.25, -0.2) is 0 Å². The zero-order chi connectivity index (χ0) is 10.6. The molecule has 1 aromatic carbocycles. The molecule has 0 saturated carbocycles. The summed E-state index contributed by atoms with van der Waals surface area (Å²) in [7, 11) is 1.60. The molecule has 0 fully saturated rings. The molecule has 2 N–H and O–H groups in total. The Morgan fingerprint density at radius 1 is 1.50 bits per heavy atom. The van der Waals surface area contributed by atoms with Crippen LogP contribution in [0.4, 0.5) is 0 Å². The zero-order valence-electron chi connectivity index (χ0n) is 8.59. The lowest BCUT2D eigenvalue weighted by Gasteiger charge is -2.12. The number of nitrogens with two attached hydrogens (primary N) is 1. The van der Waals surface area contributed by atoms with Crippen LogP contribution >= 0.6 is 11.6 Å². The maximum absolute atomic E-state index is 5.99. The summed E-state index contributed by atoms with van der Waals surface area (Å²) < 4.78 is 5.07. The Kier molecular flexibility index (Phi) is 4.23. The fourth-order valence-corrected chi connectivity index (χ4v) is 1.66. The SMILES string of the molecule is CCC[C@@H](N)c1ccc(OC)c(Cl)c1. The highest BCUT2D eigenvalue weighted by Gasteiger charge is 2.07. The normalized spacial score (nSPS) is 12.6. The summed E-state index contributed by atoms with van der Waals surface area (Å²) in [6.07, 6.45) is 2.05. The van der Waals surface area contributed by atoms with Crippen LogP contribution in [-0.4, -0.2) is 7.11 Å². The number of hydrogen-bond donors (Lipinski definition) is 1. The lowest BCUT2D eigenvalue weighted by molar-refractivity contribution is 0.414. The molecule has 2 nitrogen and oxygen atoms in total. The first-order valence-corrected chi connectivity index (χ1v) is 5.15. The van der Waals surface area contributed by atoms with Gasteiger partial charge in [-0.1, -0.05) is 31.0 Å². The highest BCUT2D eigenvalue weighted by Crippen LogP contribution is 2.28. The average molecular weight is 214 g/mol. The van der Waals surface area contributed by atoms with Gasteiger partial charge in [0.25, 0.3) is 0 Å². The first-order chi connectivity index (χ1) is 6.69. The van der Waals surface area contributed by atoms with E-state index < -0.39 is 0 Å². The smallest absolute Gasteiger partial charge is 0.137 e. The number of methoxy groups -OCH3 is 1. The van der Waals surface area contributed by atoms with Crippen LogP contribution in [0.3, 0.4) is 0 Å². The molecule has 1 aromatic rings. The van der Waals surface area contributed by atoms with Crippen LogP contribution in [0.5, 0.6) is 5.75 Å². The number of rotatable bonds is 4. The Bertz CT molecular complexity index is 301. The standard InChI is InChI=1S/C11H16ClNO/c1-3-4-10(13)8-5-6-11(14-2)9(12)7-8/h5-7,10H,3-4,13H2,1-2H3/t10-/m1/s1. The van der Waals surface area contributed by atoms with Crippen molar-refractivity contribution in [2.75, 3.05) is 7.11 Å². The van der Waals surface area contributed by atoms with Crippen molar-refractivity contribution in [2.24, 2.45) is 5.73 Å². The largest absolute Gasteiger partial charge is 0.495 e. The molecule has 0 aromatic heterocycles. The summed E-state index contributed by atoms with van der Waals surface area (Å²) in [6, 6.07) is 5.77. The highest BCUT2D eigenvalue weighted by molar-refractivity contribution is 6.32. The van der Waals surface area contributed by atoms with Gasteiger partial charge in [-0.3, -0.25) is 0 Å². The van der Waals surface area contributed by atoms with Crippen LogP contribution < -0.4 is 10.5 Å². The zero-order valence-corrected chi connectivity index (χ0v) is 9.34. The van der Waals surface area contributed by atoms with Crippen molar-refractivity contribution in [3.05, 3.63) is 28.8 Å². The van der Waals surface area contributed by atoms with E-state index in [0.29, 0.717) is 10.8 Å². The molecule has 78 valence electrons. The Morgan fingerprint density at radius 2 is 2.21 bits per heavy atom. The molecule has 0 heterocycles. The molecule has 0 aliphatic heterocycles. The molecule has 3 heteroatoms. The molecular formula is C11H16ClNO. The van der Waals surface area contributed by atoms with Crippen molar-refractivity contribution in [2.45, 2.75) is 25.8 Å². The molecule has 0 unspecified atom stereocenters. The minimum atomic E-state index is 0.0726. The van der Waals surface area contributed by atoms with Gasteiger partial charge < -0.3 is 10.5 Å². The summed E-state index contributed by atoms with van der Waals surface area (Å²) in [6.45, 7) is 2.12. The third-order valence-corrected chi connectivity index (χ3v) is 2.50. The van der Waals surface area contributed by atoms with Gasteiger partial charge in [0, 0.05) is 6.04 Å². The molecule has 0 amide bonds. The summed E-state index contributed by atoms with van der Waals surface area (Å²) in [5.41, 5.74) is 7.03. The van der Waals surface area contributed by atoms with E-state index in [1.807, 2.05) is 18.2 Å². The maximum atomic E-state index is 5.99.